The smallest absolute Gasteiger partial charge is 0.325 e. The first kappa shape index (κ1) is 12.9. The van der Waals surface area contributed by atoms with Gasteiger partial charge in [0, 0.05) is 5.02 Å². The lowest BCUT2D eigenvalue weighted by Gasteiger charge is -2.44. The highest BCUT2D eigenvalue weighted by Crippen LogP contribution is 2.67. The van der Waals surface area contributed by atoms with Gasteiger partial charge >= 0.3 is 5.97 Å². The molecule has 19 heavy (non-hydrogen) atoms. The molecule has 0 heterocycles. The second-order valence-corrected chi connectivity index (χ2v) is 8.31. The van der Waals surface area contributed by atoms with Crippen LogP contribution in [-0.4, -0.2) is 24.2 Å². The third-order valence-corrected chi connectivity index (χ3v) is 6.94. The Morgan fingerprint density at radius 2 is 1.68 bits per heavy atom. The molecule has 3 rings (SSSR count). The molecule has 0 atom stereocenters. The Morgan fingerprint density at radius 1 is 1.16 bits per heavy atom. The van der Waals surface area contributed by atoms with Crippen LogP contribution in [0.2, 0.25) is 5.02 Å². The molecule has 0 aromatic heterocycles. The molecule has 0 bridgehead atoms. The zero-order chi connectivity index (χ0) is 13.9. The van der Waals surface area contributed by atoms with Crippen LogP contribution in [0.1, 0.15) is 25.7 Å². The Balaban J connectivity index is 2.03. The van der Waals surface area contributed by atoms with E-state index in [0.29, 0.717) is 5.02 Å². The Kier molecular flexibility index (Phi) is 2.54. The average Bonchev–Trinajstić information content (AvgIpc) is 3.06. The van der Waals surface area contributed by atoms with Crippen molar-refractivity contribution in [2.24, 2.45) is 5.41 Å². The van der Waals surface area contributed by atoms with E-state index in [2.05, 4.69) is 0 Å². The predicted octanol–water partition coefficient (Wildman–Crippen LogP) is 2.51. The van der Waals surface area contributed by atoms with Crippen molar-refractivity contribution in [1.29, 1.82) is 0 Å². The van der Waals surface area contributed by atoms with E-state index in [0.717, 1.165) is 12.8 Å². The van der Waals surface area contributed by atoms with Gasteiger partial charge in [0.25, 0.3) is 0 Å². The van der Waals surface area contributed by atoms with Gasteiger partial charge in [-0.25, -0.2) is 8.42 Å². The minimum atomic E-state index is -3.87. The van der Waals surface area contributed by atoms with E-state index in [-0.39, 0.29) is 23.2 Å². The minimum absolute atomic E-state index is 0.0160. The lowest BCUT2D eigenvalue weighted by molar-refractivity contribution is -0.144. The van der Waals surface area contributed by atoms with Gasteiger partial charge in [-0.1, -0.05) is 11.6 Å². The van der Waals surface area contributed by atoms with Gasteiger partial charge in [-0.2, -0.15) is 0 Å². The second kappa shape index (κ2) is 3.73. The zero-order valence-electron chi connectivity index (χ0n) is 10.1. The molecule has 1 spiro atoms. The Labute approximate surface area is 116 Å². The summed E-state index contributed by atoms with van der Waals surface area (Å²) in [5, 5.41) is 9.82. The number of benzene rings is 1. The van der Waals surface area contributed by atoms with Crippen LogP contribution < -0.4 is 0 Å². The maximum absolute atomic E-state index is 12.6. The third kappa shape index (κ3) is 1.71. The van der Waals surface area contributed by atoms with Crippen LogP contribution in [0, 0.1) is 5.41 Å². The molecule has 2 aliphatic carbocycles. The summed E-state index contributed by atoms with van der Waals surface area (Å²) in [4.78, 5) is 11.5. The van der Waals surface area contributed by atoms with Crippen molar-refractivity contribution in [3.63, 3.8) is 0 Å². The summed E-state index contributed by atoms with van der Waals surface area (Å²) in [7, 11) is -3.87. The third-order valence-electron chi connectivity index (χ3n) is 4.31. The van der Waals surface area contributed by atoms with Crippen LogP contribution in [0.15, 0.2) is 29.2 Å². The summed E-state index contributed by atoms with van der Waals surface area (Å²) >= 11 is 5.73. The molecular weight excluding hydrogens is 288 g/mol. The Morgan fingerprint density at radius 3 is 2.11 bits per heavy atom. The monoisotopic (exact) mass is 300 g/mol. The fourth-order valence-corrected chi connectivity index (χ4v) is 5.28. The molecule has 0 amide bonds. The van der Waals surface area contributed by atoms with Crippen LogP contribution in [0.4, 0.5) is 0 Å². The van der Waals surface area contributed by atoms with Crippen LogP contribution in [0.3, 0.4) is 0 Å². The van der Waals surface area contributed by atoms with Crippen LogP contribution in [-0.2, 0) is 14.6 Å². The van der Waals surface area contributed by atoms with Crippen molar-refractivity contribution in [1.82, 2.24) is 0 Å². The molecule has 6 heteroatoms. The fraction of sp³-hybridized carbons (Fsp3) is 0.462. The fourth-order valence-electron chi connectivity index (χ4n) is 2.99. The quantitative estimate of drug-likeness (QED) is 0.931. The Hall–Kier alpha value is -1.07. The first-order valence-electron chi connectivity index (χ1n) is 6.05. The molecule has 0 aliphatic heterocycles. The van der Waals surface area contributed by atoms with E-state index < -0.39 is 20.6 Å². The highest BCUT2D eigenvalue weighted by molar-refractivity contribution is 7.93. The summed E-state index contributed by atoms with van der Waals surface area (Å²) in [5.74, 6) is -1.24. The van der Waals surface area contributed by atoms with Gasteiger partial charge in [-0.15, -0.1) is 0 Å². The van der Waals surface area contributed by atoms with E-state index in [1.54, 1.807) is 0 Å². The maximum atomic E-state index is 12.6. The number of carbonyl (C=O) groups is 1. The number of carboxylic acid groups (broad SMARTS) is 1. The molecular formula is C13H13ClO4S. The number of sulfone groups is 1. The lowest BCUT2D eigenvalue weighted by atomic mass is 9.71. The van der Waals surface area contributed by atoms with Gasteiger partial charge in [-0.3, -0.25) is 4.79 Å². The van der Waals surface area contributed by atoms with Gasteiger partial charge in [0.2, 0.25) is 0 Å². The summed E-state index contributed by atoms with van der Waals surface area (Å²) in [6.45, 7) is 0. The summed E-state index contributed by atoms with van der Waals surface area (Å²) in [6.07, 6.45) is 2.36. The molecule has 2 saturated carbocycles. The lowest BCUT2D eigenvalue weighted by Crippen LogP contribution is -2.57. The summed E-state index contributed by atoms with van der Waals surface area (Å²) in [5.41, 5.74) is -0.0160. The highest BCUT2D eigenvalue weighted by Gasteiger charge is 2.70. The van der Waals surface area contributed by atoms with Gasteiger partial charge in [0.1, 0.15) is 0 Å². The molecule has 4 nitrogen and oxygen atoms in total. The first-order valence-corrected chi connectivity index (χ1v) is 7.91. The van der Waals surface area contributed by atoms with Gasteiger partial charge < -0.3 is 5.11 Å². The number of hydrogen-bond acceptors (Lipinski definition) is 3. The standard InChI is InChI=1S/C13H13ClO4S/c14-9-1-3-10(4-2-9)19(17,18)13(11(15)16)7-12(8-13)5-6-12/h1-4H,5-8H2,(H,15,16). The normalized spacial score (nSPS) is 22.8. The average molecular weight is 301 g/mol. The van der Waals surface area contributed by atoms with Gasteiger partial charge in [0.15, 0.2) is 14.6 Å². The largest absolute Gasteiger partial charge is 0.480 e. The molecule has 1 aromatic rings. The second-order valence-electron chi connectivity index (χ2n) is 5.61. The molecule has 0 radical (unpaired) electrons. The molecule has 0 saturated heterocycles. The molecule has 1 N–H and O–H groups in total. The zero-order valence-corrected chi connectivity index (χ0v) is 11.7. The molecule has 2 aliphatic rings. The number of aliphatic carboxylic acids is 1. The highest BCUT2D eigenvalue weighted by atomic mass is 35.5. The number of rotatable bonds is 3. The molecule has 1 aromatic carbocycles. The van der Waals surface area contributed by atoms with Crippen molar-refractivity contribution >= 4 is 27.4 Å². The van der Waals surface area contributed by atoms with Crippen molar-refractivity contribution < 1.29 is 18.3 Å². The SMILES string of the molecule is O=C(O)C1(S(=O)(=O)c2ccc(Cl)cc2)CC2(CC2)C1. The maximum Gasteiger partial charge on any atom is 0.325 e. The minimum Gasteiger partial charge on any atom is -0.480 e. The van der Waals surface area contributed by atoms with E-state index in [1.165, 1.54) is 24.3 Å². The van der Waals surface area contributed by atoms with E-state index in [1.807, 2.05) is 0 Å². The number of halogens is 1. The van der Waals surface area contributed by atoms with E-state index in [9.17, 15) is 18.3 Å². The van der Waals surface area contributed by atoms with Crippen LogP contribution in [0.25, 0.3) is 0 Å². The predicted molar refractivity (Wildman–Crippen MR) is 69.9 cm³/mol. The van der Waals surface area contributed by atoms with Crippen LogP contribution >= 0.6 is 11.6 Å². The number of hydrogen-bond donors (Lipinski definition) is 1. The van der Waals surface area contributed by atoms with Crippen LogP contribution in [0.5, 0.6) is 0 Å². The van der Waals surface area contributed by atoms with Crippen molar-refractivity contribution in [3.05, 3.63) is 29.3 Å². The van der Waals surface area contributed by atoms with Gasteiger partial charge in [-0.05, 0) is 55.4 Å². The molecule has 0 unspecified atom stereocenters. The topological polar surface area (TPSA) is 71.4 Å². The Bertz CT molecular complexity index is 636. The van der Waals surface area contributed by atoms with Crippen molar-refractivity contribution in [2.75, 3.05) is 0 Å². The molecule has 102 valence electrons. The van der Waals surface area contributed by atoms with Crippen molar-refractivity contribution in [3.8, 4) is 0 Å². The van der Waals surface area contributed by atoms with E-state index >= 15 is 0 Å². The molecule has 2 fully saturated rings. The van der Waals surface area contributed by atoms with Crippen molar-refractivity contribution in [2.45, 2.75) is 35.3 Å². The van der Waals surface area contributed by atoms with E-state index in [4.69, 9.17) is 11.6 Å². The summed E-state index contributed by atoms with van der Waals surface area (Å²) in [6, 6.07) is 5.69. The summed E-state index contributed by atoms with van der Waals surface area (Å²) < 4.78 is 23.5. The van der Waals surface area contributed by atoms with Gasteiger partial charge in [0.05, 0.1) is 4.90 Å². The first-order chi connectivity index (χ1) is 8.81. The number of carboxylic acids is 1.